The minimum atomic E-state index is 0.296. The Bertz CT molecular complexity index is 432. The summed E-state index contributed by atoms with van der Waals surface area (Å²) in [4.78, 5) is 1.59. The SMILES string of the molecule is CC(C)(C)C1=C(Cc2ccccc2)C(C)(C)S1. The van der Waals surface area contributed by atoms with Crippen LogP contribution in [0.25, 0.3) is 0 Å². The van der Waals surface area contributed by atoms with E-state index in [2.05, 4.69) is 65.0 Å². The zero-order valence-corrected chi connectivity index (χ0v) is 12.3. The molecule has 1 aromatic rings. The third-order valence-corrected chi connectivity index (χ3v) is 5.08. The minimum Gasteiger partial charge on any atom is -0.119 e. The summed E-state index contributed by atoms with van der Waals surface area (Å²) in [6.07, 6.45) is 1.10. The molecule has 17 heavy (non-hydrogen) atoms. The summed E-state index contributed by atoms with van der Waals surface area (Å²) in [5.41, 5.74) is 3.35. The number of benzene rings is 1. The molecule has 0 spiro atoms. The van der Waals surface area contributed by atoms with Crippen molar-refractivity contribution in [3.05, 3.63) is 46.4 Å². The van der Waals surface area contributed by atoms with E-state index in [-0.39, 0.29) is 0 Å². The van der Waals surface area contributed by atoms with Crippen molar-refractivity contribution < 1.29 is 0 Å². The third kappa shape index (κ3) is 2.60. The summed E-state index contributed by atoms with van der Waals surface area (Å²) in [5.74, 6) is 0. The number of hydrogen-bond donors (Lipinski definition) is 0. The van der Waals surface area contributed by atoms with Crippen LogP contribution in [0.1, 0.15) is 40.2 Å². The van der Waals surface area contributed by atoms with Crippen LogP contribution in [0, 0.1) is 5.41 Å². The molecule has 0 aromatic heterocycles. The van der Waals surface area contributed by atoms with E-state index in [1.165, 1.54) is 5.56 Å². The van der Waals surface area contributed by atoms with Gasteiger partial charge < -0.3 is 0 Å². The number of allylic oxidation sites excluding steroid dienone is 1. The second kappa shape index (κ2) is 4.20. The van der Waals surface area contributed by atoms with Gasteiger partial charge in [0.05, 0.1) is 0 Å². The Kier molecular flexibility index (Phi) is 3.15. The number of thioether (sulfide) groups is 1. The fourth-order valence-electron chi connectivity index (χ4n) is 2.30. The molecule has 0 bridgehead atoms. The van der Waals surface area contributed by atoms with Gasteiger partial charge in [0, 0.05) is 4.75 Å². The maximum atomic E-state index is 2.34. The normalized spacial score (nSPS) is 19.1. The number of hydrogen-bond acceptors (Lipinski definition) is 1. The van der Waals surface area contributed by atoms with Crippen LogP contribution < -0.4 is 0 Å². The highest BCUT2D eigenvalue weighted by Crippen LogP contribution is 2.57. The van der Waals surface area contributed by atoms with Crippen LogP contribution in [0.15, 0.2) is 40.8 Å². The van der Waals surface area contributed by atoms with Crippen molar-refractivity contribution in [2.45, 2.75) is 45.8 Å². The van der Waals surface area contributed by atoms with Crippen molar-refractivity contribution in [1.82, 2.24) is 0 Å². The molecule has 0 radical (unpaired) electrons. The summed E-state index contributed by atoms with van der Waals surface area (Å²) < 4.78 is 0.318. The van der Waals surface area contributed by atoms with Gasteiger partial charge in [0.25, 0.3) is 0 Å². The maximum Gasteiger partial charge on any atom is 0.0370 e. The second-order valence-corrected chi connectivity index (χ2v) is 7.97. The smallest absolute Gasteiger partial charge is 0.0370 e. The molecular formula is C16H22S. The molecule has 92 valence electrons. The summed E-state index contributed by atoms with van der Waals surface area (Å²) in [7, 11) is 0. The Morgan fingerprint density at radius 2 is 1.65 bits per heavy atom. The summed E-state index contributed by atoms with van der Waals surface area (Å²) in [6, 6.07) is 10.8. The van der Waals surface area contributed by atoms with Gasteiger partial charge >= 0.3 is 0 Å². The van der Waals surface area contributed by atoms with Crippen LogP contribution in [-0.4, -0.2) is 4.75 Å². The van der Waals surface area contributed by atoms with Gasteiger partial charge in [0.2, 0.25) is 0 Å². The molecule has 0 N–H and O–H groups in total. The van der Waals surface area contributed by atoms with Crippen molar-refractivity contribution in [1.29, 1.82) is 0 Å². The zero-order valence-electron chi connectivity index (χ0n) is 11.5. The molecule has 1 aliphatic heterocycles. The maximum absolute atomic E-state index is 2.34. The second-order valence-electron chi connectivity index (χ2n) is 6.33. The van der Waals surface area contributed by atoms with E-state index in [1.807, 2.05) is 11.8 Å². The van der Waals surface area contributed by atoms with E-state index < -0.39 is 0 Å². The van der Waals surface area contributed by atoms with Crippen molar-refractivity contribution in [2.75, 3.05) is 0 Å². The lowest BCUT2D eigenvalue weighted by molar-refractivity contribution is 0.508. The average Bonchev–Trinajstić information content (AvgIpc) is 2.23. The van der Waals surface area contributed by atoms with Gasteiger partial charge in [-0.2, -0.15) is 0 Å². The molecule has 0 saturated heterocycles. The van der Waals surface area contributed by atoms with Crippen LogP contribution in [0.4, 0.5) is 0 Å². The van der Waals surface area contributed by atoms with Crippen LogP contribution in [0.3, 0.4) is 0 Å². The fraction of sp³-hybridized carbons (Fsp3) is 0.500. The van der Waals surface area contributed by atoms with E-state index in [0.717, 1.165) is 6.42 Å². The van der Waals surface area contributed by atoms with Gasteiger partial charge in [-0.05, 0) is 41.7 Å². The van der Waals surface area contributed by atoms with Crippen molar-refractivity contribution in [3.63, 3.8) is 0 Å². The van der Waals surface area contributed by atoms with Gasteiger partial charge in [0.15, 0.2) is 0 Å². The molecule has 0 amide bonds. The third-order valence-electron chi connectivity index (χ3n) is 3.26. The highest BCUT2D eigenvalue weighted by atomic mass is 32.2. The molecule has 1 heteroatoms. The zero-order chi connectivity index (χ0) is 12.7. The largest absolute Gasteiger partial charge is 0.119 e. The van der Waals surface area contributed by atoms with E-state index >= 15 is 0 Å². The van der Waals surface area contributed by atoms with E-state index in [0.29, 0.717) is 10.2 Å². The molecule has 0 fully saturated rings. The highest BCUT2D eigenvalue weighted by Gasteiger charge is 2.41. The Labute approximate surface area is 110 Å². The highest BCUT2D eigenvalue weighted by molar-refractivity contribution is 8.06. The molecule has 0 unspecified atom stereocenters. The van der Waals surface area contributed by atoms with Gasteiger partial charge in [-0.25, -0.2) is 0 Å². The first-order chi connectivity index (χ1) is 7.81. The Morgan fingerprint density at radius 3 is 2.12 bits per heavy atom. The first-order valence-corrected chi connectivity index (χ1v) is 7.09. The number of rotatable bonds is 2. The molecule has 2 rings (SSSR count). The molecule has 1 aromatic carbocycles. The fourth-order valence-corrected chi connectivity index (χ4v) is 3.72. The lowest BCUT2D eigenvalue weighted by Crippen LogP contribution is -2.34. The van der Waals surface area contributed by atoms with E-state index in [4.69, 9.17) is 0 Å². The summed E-state index contributed by atoms with van der Waals surface area (Å²) in [6.45, 7) is 11.6. The Hall–Kier alpha value is -0.690. The quantitative estimate of drug-likeness (QED) is 0.703. The Balaban J connectivity index is 2.29. The molecule has 0 atom stereocenters. The van der Waals surface area contributed by atoms with Crippen LogP contribution in [-0.2, 0) is 6.42 Å². The van der Waals surface area contributed by atoms with E-state index in [9.17, 15) is 0 Å². The lowest BCUT2D eigenvalue weighted by atomic mass is 9.84. The molecule has 1 aliphatic rings. The summed E-state index contributed by atoms with van der Waals surface area (Å²) >= 11 is 2.04. The minimum absolute atomic E-state index is 0.296. The van der Waals surface area contributed by atoms with Gasteiger partial charge in [-0.3, -0.25) is 0 Å². The lowest BCUT2D eigenvalue weighted by Gasteiger charge is -2.45. The van der Waals surface area contributed by atoms with Crippen LogP contribution in [0.2, 0.25) is 0 Å². The molecule has 0 saturated carbocycles. The topological polar surface area (TPSA) is 0 Å². The predicted octanol–water partition coefficient (Wildman–Crippen LogP) is 5.05. The van der Waals surface area contributed by atoms with Crippen molar-refractivity contribution in [3.8, 4) is 0 Å². The van der Waals surface area contributed by atoms with Gasteiger partial charge in [-0.1, -0.05) is 51.1 Å². The predicted molar refractivity (Wildman–Crippen MR) is 78.3 cm³/mol. The summed E-state index contributed by atoms with van der Waals surface area (Å²) in [5, 5.41) is 0. The first-order valence-electron chi connectivity index (χ1n) is 6.28. The van der Waals surface area contributed by atoms with Gasteiger partial charge in [0.1, 0.15) is 0 Å². The first kappa shape index (κ1) is 12.8. The standard InChI is InChI=1S/C16H22S/c1-15(2,3)14-13(16(4,5)17-14)11-12-9-7-6-8-10-12/h6-10H,11H2,1-5H3. The van der Waals surface area contributed by atoms with Crippen molar-refractivity contribution >= 4 is 11.8 Å². The molecule has 0 nitrogen and oxygen atoms in total. The average molecular weight is 246 g/mol. The monoisotopic (exact) mass is 246 g/mol. The van der Waals surface area contributed by atoms with E-state index in [1.54, 1.807) is 10.5 Å². The van der Waals surface area contributed by atoms with Crippen LogP contribution >= 0.6 is 11.8 Å². The molecular weight excluding hydrogens is 224 g/mol. The Morgan fingerprint density at radius 1 is 1.06 bits per heavy atom. The van der Waals surface area contributed by atoms with Crippen LogP contribution in [0.5, 0.6) is 0 Å². The molecule has 1 heterocycles. The van der Waals surface area contributed by atoms with Gasteiger partial charge in [-0.15, -0.1) is 11.8 Å². The van der Waals surface area contributed by atoms with Crippen molar-refractivity contribution in [2.24, 2.45) is 5.41 Å². The molecule has 0 aliphatic carbocycles.